The van der Waals surface area contributed by atoms with Crippen molar-refractivity contribution in [1.82, 2.24) is 4.90 Å². The fraction of sp³-hybridized carbons (Fsp3) is 0.833. The molecule has 0 aromatic carbocycles. The summed E-state index contributed by atoms with van der Waals surface area (Å²) in [7, 11) is 0. The molecule has 0 radical (unpaired) electrons. The third-order valence-corrected chi connectivity index (χ3v) is 3.63. The number of hydrogen-bond acceptors (Lipinski definition) is 3. The minimum absolute atomic E-state index is 0.0399. The molecule has 1 fully saturated rings. The number of likely N-dealkylation sites (tertiary alicyclic amines) is 1. The first-order chi connectivity index (χ1) is 8.05. The standard InChI is InChI=1S/C12H21NO4/c1-3-12(11(15)16)5-7-13(8-6-12)10(14)9-17-4-2/h3-9H2,1-2H3,(H,15,16). The normalized spacial score (nSPS) is 19.1. The number of hydrogen-bond donors (Lipinski definition) is 1. The van der Waals surface area contributed by atoms with E-state index in [-0.39, 0.29) is 12.5 Å². The number of ether oxygens (including phenoxy) is 1. The van der Waals surface area contributed by atoms with E-state index in [1.54, 1.807) is 4.90 Å². The Morgan fingerprint density at radius 3 is 2.29 bits per heavy atom. The van der Waals surface area contributed by atoms with Gasteiger partial charge in [0.05, 0.1) is 5.41 Å². The van der Waals surface area contributed by atoms with Crippen molar-refractivity contribution in [3.63, 3.8) is 0 Å². The zero-order valence-electron chi connectivity index (χ0n) is 10.6. The maximum absolute atomic E-state index is 11.7. The van der Waals surface area contributed by atoms with Gasteiger partial charge < -0.3 is 14.7 Å². The lowest BCUT2D eigenvalue weighted by Crippen LogP contribution is -2.47. The Bertz CT molecular complexity index is 282. The molecule has 1 N–H and O–H groups in total. The number of aliphatic carboxylic acids is 1. The Morgan fingerprint density at radius 1 is 1.29 bits per heavy atom. The molecule has 0 spiro atoms. The summed E-state index contributed by atoms with van der Waals surface area (Å²) in [6.45, 7) is 5.40. The summed E-state index contributed by atoms with van der Waals surface area (Å²) in [5.74, 6) is -0.779. The SMILES string of the molecule is CCOCC(=O)N1CCC(CC)(C(=O)O)CC1. The second-order valence-electron chi connectivity index (χ2n) is 4.46. The van der Waals surface area contributed by atoms with Crippen LogP contribution in [-0.4, -0.2) is 48.2 Å². The average molecular weight is 243 g/mol. The Kier molecular flexibility index (Phi) is 4.93. The third kappa shape index (κ3) is 3.19. The van der Waals surface area contributed by atoms with Gasteiger partial charge in [-0.05, 0) is 26.2 Å². The van der Waals surface area contributed by atoms with Gasteiger partial charge in [0, 0.05) is 19.7 Å². The Hall–Kier alpha value is -1.10. The van der Waals surface area contributed by atoms with Crippen LogP contribution in [0.4, 0.5) is 0 Å². The van der Waals surface area contributed by atoms with Crippen molar-refractivity contribution in [3.8, 4) is 0 Å². The largest absolute Gasteiger partial charge is 0.481 e. The predicted octanol–water partition coefficient (Wildman–Crippen LogP) is 1.13. The van der Waals surface area contributed by atoms with E-state index < -0.39 is 11.4 Å². The second kappa shape index (κ2) is 6.00. The van der Waals surface area contributed by atoms with E-state index in [4.69, 9.17) is 4.74 Å². The fourth-order valence-electron chi connectivity index (χ4n) is 2.18. The number of carbonyl (C=O) groups is 2. The molecule has 1 rings (SSSR count). The van der Waals surface area contributed by atoms with Gasteiger partial charge in [-0.25, -0.2) is 0 Å². The minimum Gasteiger partial charge on any atom is -0.481 e. The molecule has 0 saturated carbocycles. The molecule has 0 aromatic heterocycles. The van der Waals surface area contributed by atoms with Gasteiger partial charge >= 0.3 is 5.97 Å². The molecule has 0 aliphatic carbocycles. The maximum atomic E-state index is 11.7. The molecule has 0 unspecified atom stereocenters. The molecule has 5 heteroatoms. The Balaban J connectivity index is 2.49. The molecule has 1 saturated heterocycles. The van der Waals surface area contributed by atoms with Crippen molar-refractivity contribution in [2.45, 2.75) is 33.1 Å². The highest BCUT2D eigenvalue weighted by molar-refractivity contribution is 5.79. The van der Waals surface area contributed by atoms with E-state index in [1.807, 2.05) is 13.8 Å². The molecule has 98 valence electrons. The van der Waals surface area contributed by atoms with E-state index in [0.29, 0.717) is 39.0 Å². The molecule has 1 heterocycles. The van der Waals surface area contributed by atoms with Crippen LogP contribution < -0.4 is 0 Å². The van der Waals surface area contributed by atoms with Crippen molar-refractivity contribution >= 4 is 11.9 Å². The van der Waals surface area contributed by atoms with E-state index >= 15 is 0 Å². The first kappa shape index (κ1) is 14.0. The quantitative estimate of drug-likeness (QED) is 0.786. The van der Waals surface area contributed by atoms with Crippen LogP contribution in [0.3, 0.4) is 0 Å². The molecule has 0 atom stereocenters. The van der Waals surface area contributed by atoms with Crippen LogP contribution in [0.25, 0.3) is 0 Å². The average Bonchev–Trinajstić information content (AvgIpc) is 2.35. The van der Waals surface area contributed by atoms with Crippen LogP contribution in [-0.2, 0) is 14.3 Å². The van der Waals surface area contributed by atoms with E-state index in [2.05, 4.69) is 0 Å². The molecule has 1 amide bonds. The minimum atomic E-state index is -0.739. The molecule has 17 heavy (non-hydrogen) atoms. The van der Waals surface area contributed by atoms with Gasteiger partial charge in [-0.1, -0.05) is 6.92 Å². The summed E-state index contributed by atoms with van der Waals surface area (Å²) >= 11 is 0. The van der Waals surface area contributed by atoms with E-state index in [9.17, 15) is 14.7 Å². The topological polar surface area (TPSA) is 66.8 Å². The summed E-state index contributed by atoms with van der Waals surface area (Å²) in [6, 6.07) is 0. The predicted molar refractivity (Wildman–Crippen MR) is 62.7 cm³/mol. The smallest absolute Gasteiger partial charge is 0.309 e. The lowest BCUT2D eigenvalue weighted by Gasteiger charge is -2.38. The van der Waals surface area contributed by atoms with Crippen molar-refractivity contribution in [1.29, 1.82) is 0 Å². The number of nitrogens with zero attached hydrogens (tertiary/aromatic N) is 1. The monoisotopic (exact) mass is 243 g/mol. The Morgan fingerprint density at radius 2 is 1.88 bits per heavy atom. The summed E-state index contributed by atoms with van der Waals surface area (Å²) in [5, 5.41) is 9.23. The molecular formula is C12H21NO4. The molecule has 0 aromatic rings. The van der Waals surface area contributed by atoms with Crippen LogP contribution in [0, 0.1) is 5.41 Å². The molecular weight excluding hydrogens is 222 g/mol. The van der Waals surface area contributed by atoms with Gasteiger partial charge in [0.15, 0.2) is 0 Å². The number of amides is 1. The van der Waals surface area contributed by atoms with Gasteiger partial charge in [-0.3, -0.25) is 9.59 Å². The van der Waals surface area contributed by atoms with Crippen molar-refractivity contribution in [3.05, 3.63) is 0 Å². The van der Waals surface area contributed by atoms with Crippen LogP contribution in [0.2, 0.25) is 0 Å². The Labute approximate surface area is 102 Å². The van der Waals surface area contributed by atoms with Crippen molar-refractivity contribution < 1.29 is 19.4 Å². The van der Waals surface area contributed by atoms with Gasteiger partial charge in [-0.2, -0.15) is 0 Å². The fourth-order valence-corrected chi connectivity index (χ4v) is 2.18. The van der Waals surface area contributed by atoms with Crippen LogP contribution >= 0.6 is 0 Å². The summed E-state index contributed by atoms with van der Waals surface area (Å²) in [6.07, 6.45) is 1.70. The van der Waals surface area contributed by atoms with E-state index in [1.165, 1.54) is 0 Å². The third-order valence-electron chi connectivity index (χ3n) is 3.63. The summed E-state index contributed by atoms with van der Waals surface area (Å²) in [4.78, 5) is 24.6. The first-order valence-corrected chi connectivity index (χ1v) is 6.14. The zero-order valence-corrected chi connectivity index (χ0v) is 10.6. The second-order valence-corrected chi connectivity index (χ2v) is 4.46. The number of rotatable bonds is 5. The summed E-state index contributed by atoms with van der Waals surface area (Å²) < 4.78 is 5.07. The zero-order chi connectivity index (χ0) is 12.9. The van der Waals surface area contributed by atoms with Crippen molar-refractivity contribution in [2.24, 2.45) is 5.41 Å². The van der Waals surface area contributed by atoms with Gasteiger partial charge in [0.1, 0.15) is 6.61 Å². The molecule has 1 aliphatic heterocycles. The lowest BCUT2D eigenvalue weighted by atomic mass is 9.76. The van der Waals surface area contributed by atoms with Crippen LogP contribution in [0.5, 0.6) is 0 Å². The number of carboxylic acids is 1. The summed E-state index contributed by atoms with van der Waals surface area (Å²) in [5.41, 5.74) is -0.637. The highest BCUT2D eigenvalue weighted by Crippen LogP contribution is 2.35. The van der Waals surface area contributed by atoms with Gasteiger partial charge in [-0.15, -0.1) is 0 Å². The lowest BCUT2D eigenvalue weighted by molar-refractivity contribution is -0.155. The maximum Gasteiger partial charge on any atom is 0.309 e. The first-order valence-electron chi connectivity index (χ1n) is 6.14. The number of carboxylic acid groups (broad SMARTS) is 1. The molecule has 0 bridgehead atoms. The number of carbonyl (C=O) groups excluding carboxylic acids is 1. The van der Waals surface area contributed by atoms with Crippen LogP contribution in [0.1, 0.15) is 33.1 Å². The van der Waals surface area contributed by atoms with E-state index in [0.717, 1.165) is 0 Å². The van der Waals surface area contributed by atoms with Gasteiger partial charge in [0.25, 0.3) is 0 Å². The van der Waals surface area contributed by atoms with Crippen LogP contribution in [0.15, 0.2) is 0 Å². The highest BCUT2D eigenvalue weighted by Gasteiger charge is 2.40. The van der Waals surface area contributed by atoms with Crippen molar-refractivity contribution in [2.75, 3.05) is 26.3 Å². The van der Waals surface area contributed by atoms with Gasteiger partial charge in [0.2, 0.25) is 5.91 Å². The molecule has 5 nitrogen and oxygen atoms in total. The number of piperidine rings is 1. The molecule has 1 aliphatic rings. The highest BCUT2D eigenvalue weighted by atomic mass is 16.5.